The van der Waals surface area contributed by atoms with Crippen molar-refractivity contribution in [1.29, 1.82) is 0 Å². The Bertz CT molecular complexity index is 436. The minimum Gasteiger partial charge on any atom is -0.348 e. The van der Waals surface area contributed by atoms with Crippen LogP contribution >= 0.6 is 11.8 Å². The Kier molecular flexibility index (Phi) is 4.25. The molecule has 1 aliphatic heterocycles. The van der Waals surface area contributed by atoms with Gasteiger partial charge in [0.25, 0.3) is 0 Å². The summed E-state index contributed by atoms with van der Waals surface area (Å²) in [6, 6.07) is 9.30. The first kappa shape index (κ1) is 13.0. The molecule has 0 spiro atoms. The third-order valence-corrected chi connectivity index (χ3v) is 3.86. The Hall–Kier alpha value is -1.49. The second-order valence-corrected chi connectivity index (χ2v) is 5.31. The molecule has 0 bridgehead atoms. The molecule has 18 heavy (non-hydrogen) atoms. The summed E-state index contributed by atoms with van der Waals surface area (Å²) in [4.78, 5) is 23.2. The van der Waals surface area contributed by atoms with Gasteiger partial charge in [0.15, 0.2) is 0 Å². The van der Waals surface area contributed by atoms with Crippen molar-refractivity contribution in [2.45, 2.75) is 19.0 Å². The van der Waals surface area contributed by atoms with Crippen LogP contribution < -0.4 is 10.6 Å². The maximum atomic E-state index is 12.0. The number of hydrogen-bond acceptors (Lipinski definition) is 3. The maximum absolute atomic E-state index is 12.0. The van der Waals surface area contributed by atoms with Gasteiger partial charge in [0.1, 0.15) is 6.04 Å². The van der Waals surface area contributed by atoms with Gasteiger partial charge in [-0.2, -0.15) is 0 Å². The van der Waals surface area contributed by atoms with Crippen LogP contribution in [0.15, 0.2) is 30.3 Å². The van der Waals surface area contributed by atoms with Gasteiger partial charge in [0.05, 0.1) is 11.8 Å². The van der Waals surface area contributed by atoms with Gasteiger partial charge < -0.3 is 10.6 Å². The fourth-order valence-electron chi connectivity index (χ4n) is 1.83. The summed E-state index contributed by atoms with van der Waals surface area (Å²) in [5, 5.41) is 5.62. The highest BCUT2D eigenvalue weighted by Gasteiger charge is 2.25. The number of nitrogens with one attached hydrogen (secondary N) is 2. The average Bonchev–Trinajstić information content (AvgIpc) is 2.39. The van der Waals surface area contributed by atoms with Gasteiger partial charge in [0.2, 0.25) is 11.8 Å². The molecular weight excluding hydrogens is 248 g/mol. The van der Waals surface area contributed by atoms with Crippen LogP contribution in [0.5, 0.6) is 0 Å². The minimum atomic E-state index is -0.414. The summed E-state index contributed by atoms with van der Waals surface area (Å²) < 4.78 is 0. The average molecular weight is 264 g/mol. The van der Waals surface area contributed by atoms with Gasteiger partial charge in [-0.15, -0.1) is 11.8 Å². The van der Waals surface area contributed by atoms with Gasteiger partial charge in [0, 0.05) is 5.75 Å². The molecule has 1 heterocycles. The number of amides is 2. The molecule has 2 unspecified atom stereocenters. The van der Waals surface area contributed by atoms with Gasteiger partial charge in [-0.05, 0) is 12.5 Å². The fraction of sp³-hybridized carbons (Fsp3) is 0.385. The Labute approximate surface area is 111 Å². The summed E-state index contributed by atoms with van der Waals surface area (Å²) in [5.41, 5.74) is 1.06. The van der Waals surface area contributed by atoms with Crippen LogP contribution in [0.3, 0.4) is 0 Å². The number of hydrogen-bond donors (Lipinski definition) is 2. The summed E-state index contributed by atoms with van der Waals surface area (Å²) >= 11 is 1.49. The van der Waals surface area contributed by atoms with Crippen molar-refractivity contribution >= 4 is 23.6 Å². The minimum absolute atomic E-state index is 0.0532. The lowest BCUT2D eigenvalue weighted by molar-refractivity contribution is -0.128. The van der Waals surface area contributed by atoms with E-state index in [1.807, 2.05) is 37.3 Å². The monoisotopic (exact) mass is 264 g/mol. The normalized spacial score (nSPS) is 20.9. The van der Waals surface area contributed by atoms with Crippen LogP contribution in [0.4, 0.5) is 0 Å². The highest BCUT2D eigenvalue weighted by Crippen LogP contribution is 2.13. The first-order valence-corrected chi connectivity index (χ1v) is 7.04. The number of carbonyl (C=O) groups is 2. The Morgan fingerprint density at radius 2 is 2.17 bits per heavy atom. The van der Waals surface area contributed by atoms with E-state index in [4.69, 9.17) is 0 Å². The number of carbonyl (C=O) groups excluding carboxylic acids is 2. The maximum Gasteiger partial charge on any atom is 0.243 e. The molecule has 96 valence electrons. The van der Waals surface area contributed by atoms with E-state index in [2.05, 4.69) is 10.6 Å². The predicted molar refractivity (Wildman–Crippen MR) is 72.3 cm³/mol. The van der Waals surface area contributed by atoms with E-state index in [0.717, 1.165) is 5.56 Å². The SMILES string of the molecule is CC(NC(=O)C1CSCC(=O)N1)c1ccccc1. The zero-order chi connectivity index (χ0) is 13.0. The number of thioether (sulfide) groups is 1. The number of benzene rings is 1. The van der Waals surface area contributed by atoms with E-state index in [1.54, 1.807) is 0 Å². The summed E-state index contributed by atoms with van der Waals surface area (Å²) in [5.74, 6) is 0.891. The lowest BCUT2D eigenvalue weighted by atomic mass is 10.1. The molecule has 2 amide bonds. The summed E-state index contributed by atoms with van der Waals surface area (Å²) in [6.07, 6.45) is 0. The lowest BCUT2D eigenvalue weighted by Gasteiger charge is -2.24. The lowest BCUT2D eigenvalue weighted by Crippen LogP contribution is -2.51. The Morgan fingerprint density at radius 1 is 1.44 bits per heavy atom. The van der Waals surface area contributed by atoms with Crippen LogP contribution in [-0.2, 0) is 9.59 Å². The molecule has 5 heteroatoms. The van der Waals surface area contributed by atoms with Crippen molar-refractivity contribution in [3.8, 4) is 0 Å². The topological polar surface area (TPSA) is 58.2 Å². The number of rotatable bonds is 3. The molecule has 0 aliphatic carbocycles. The van der Waals surface area contributed by atoms with E-state index in [1.165, 1.54) is 11.8 Å². The van der Waals surface area contributed by atoms with Crippen molar-refractivity contribution in [3.63, 3.8) is 0 Å². The van der Waals surface area contributed by atoms with Crippen LogP contribution in [0, 0.1) is 0 Å². The summed E-state index contributed by atoms with van der Waals surface area (Å²) in [6.45, 7) is 1.94. The summed E-state index contributed by atoms with van der Waals surface area (Å²) in [7, 11) is 0. The van der Waals surface area contributed by atoms with Crippen molar-refractivity contribution in [1.82, 2.24) is 10.6 Å². The molecule has 2 N–H and O–H groups in total. The first-order valence-electron chi connectivity index (χ1n) is 5.89. The highest BCUT2D eigenvalue weighted by molar-refractivity contribution is 8.00. The molecular formula is C13H16N2O2S. The standard InChI is InChI=1S/C13H16N2O2S/c1-9(10-5-3-2-4-6-10)14-13(17)11-7-18-8-12(16)15-11/h2-6,9,11H,7-8H2,1H3,(H,14,17)(H,15,16). The van der Waals surface area contributed by atoms with Crippen LogP contribution in [0.25, 0.3) is 0 Å². The first-order chi connectivity index (χ1) is 8.66. The van der Waals surface area contributed by atoms with E-state index in [9.17, 15) is 9.59 Å². The zero-order valence-electron chi connectivity index (χ0n) is 10.2. The smallest absolute Gasteiger partial charge is 0.243 e. The third kappa shape index (κ3) is 3.26. The van der Waals surface area contributed by atoms with E-state index < -0.39 is 6.04 Å². The van der Waals surface area contributed by atoms with E-state index >= 15 is 0 Å². The van der Waals surface area contributed by atoms with E-state index in [0.29, 0.717) is 11.5 Å². The third-order valence-electron chi connectivity index (χ3n) is 2.83. The van der Waals surface area contributed by atoms with Crippen molar-refractivity contribution in [2.24, 2.45) is 0 Å². The molecule has 1 aliphatic rings. The molecule has 2 rings (SSSR count). The van der Waals surface area contributed by atoms with Crippen molar-refractivity contribution in [2.75, 3.05) is 11.5 Å². The molecule has 1 aromatic rings. The molecule has 0 saturated carbocycles. The molecule has 0 radical (unpaired) electrons. The van der Waals surface area contributed by atoms with Gasteiger partial charge in [-0.1, -0.05) is 30.3 Å². The van der Waals surface area contributed by atoms with Crippen LogP contribution in [0.1, 0.15) is 18.5 Å². The largest absolute Gasteiger partial charge is 0.348 e. The molecule has 2 atom stereocenters. The molecule has 1 fully saturated rings. The molecule has 1 saturated heterocycles. The van der Waals surface area contributed by atoms with Crippen molar-refractivity contribution in [3.05, 3.63) is 35.9 Å². The molecule has 4 nitrogen and oxygen atoms in total. The van der Waals surface area contributed by atoms with Crippen molar-refractivity contribution < 1.29 is 9.59 Å². The quantitative estimate of drug-likeness (QED) is 0.859. The highest BCUT2D eigenvalue weighted by atomic mass is 32.2. The van der Waals surface area contributed by atoms with Gasteiger partial charge in [-0.25, -0.2) is 0 Å². The molecule has 1 aromatic carbocycles. The van der Waals surface area contributed by atoms with Gasteiger partial charge >= 0.3 is 0 Å². The molecule has 0 aromatic heterocycles. The Balaban J connectivity index is 1.93. The van der Waals surface area contributed by atoms with E-state index in [-0.39, 0.29) is 17.9 Å². The fourth-order valence-corrected chi connectivity index (χ4v) is 2.68. The second kappa shape index (κ2) is 5.91. The Morgan fingerprint density at radius 3 is 2.83 bits per heavy atom. The van der Waals surface area contributed by atoms with Crippen LogP contribution in [-0.4, -0.2) is 29.4 Å². The second-order valence-electron chi connectivity index (χ2n) is 4.28. The van der Waals surface area contributed by atoms with Gasteiger partial charge in [-0.3, -0.25) is 9.59 Å². The van der Waals surface area contributed by atoms with Crippen LogP contribution in [0.2, 0.25) is 0 Å². The zero-order valence-corrected chi connectivity index (χ0v) is 11.0. The predicted octanol–water partition coefficient (Wildman–Crippen LogP) is 1.10.